The van der Waals surface area contributed by atoms with Crippen molar-refractivity contribution in [3.8, 4) is 0 Å². The standard InChI is InChI=1S/C14H29N3S.HI/c1-4-12-7-5-8-13(11-12)17-14(15-2)16-9-6-10-18-3;/h12-13H,4-11H2,1-3H3,(H2,15,16,17);1H. The predicted molar refractivity (Wildman–Crippen MR) is 98.9 cm³/mol. The summed E-state index contributed by atoms with van der Waals surface area (Å²) in [5, 5.41) is 6.99. The third-order valence-electron chi connectivity index (χ3n) is 3.74. The summed E-state index contributed by atoms with van der Waals surface area (Å²) in [6.45, 7) is 3.33. The van der Waals surface area contributed by atoms with Crippen LogP contribution in [0.1, 0.15) is 45.4 Å². The summed E-state index contributed by atoms with van der Waals surface area (Å²) in [4.78, 5) is 4.32. The first kappa shape index (κ1) is 19.4. The summed E-state index contributed by atoms with van der Waals surface area (Å²) in [7, 11) is 1.87. The van der Waals surface area contributed by atoms with Gasteiger partial charge in [0.2, 0.25) is 0 Å². The molecule has 0 radical (unpaired) electrons. The molecule has 2 N–H and O–H groups in total. The van der Waals surface area contributed by atoms with Gasteiger partial charge in [0.15, 0.2) is 5.96 Å². The van der Waals surface area contributed by atoms with Crippen LogP contribution in [-0.2, 0) is 0 Å². The summed E-state index contributed by atoms with van der Waals surface area (Å²) in [5.74, 6) is 3.11. The molecule has 1 rings (SSSR count). The summed E-state index contributed by atoms with van der Waals surface area (Å²) >= 11 is 1.90. The van der Waals surface area contributed by atoms with Crippen LogP contribution >= 0.6 is 35.7 Å². The van der Waals surface area contributed by atoms with Crippen molar-refractivity contribution in [2.45, 2.75) is 51.5 Å². The topological polar surface area (TPSA) is 36.4 Å². The average molecular weight is 399 g/mol. The van der Waals surface area contributed by atoms with Crippen molar-refractivity contribution in [2.75, 3.05) is 25.6 Å². The van der Waals surface area contributed by atoms with Gasteiger partial charge in [-0.3, -0.25) is 4.99 Å². The second-order valence-corrected chi connectivity index (χ2v) is 6.11. The maximum absolute atomic E-state index is 4.32. The predicted octanol–water partition coefficient (Wildman–Crippen LogP) is 3.49. The molecule has 5 heteroatoms. The zero-order valence-corrected chi connectivity index (χ0v) is 15.7. The SMILES string of the molecule is CCC1CCCC(NC(=NC)NCCCSC)C1.I. The number of rotatable bonds is 6. The maximum Gasteiger partial charge on any atom is 0.191 e. The molecule has 0 spiro atoms. The van der Waals surface area contributed by atoms with Gasteiger partial charge in [-0.15, -0.1) is 24.0 Å². The third kappa shape index (κ3) is 8.27. The molecule has 0 amide bonds. The first-order valence-corrected chi connectivity index (χ1v) is 8.65. The lowest BCUT2D eigenvalue weighted by Gasteiger charge is -2.30. The fraction of sp³-hybridized carbons (Fsp3) is 0.929. The lowest BCUT2D eigenvalue weighted by atomic mass is 9.84. The second-order valence-electron chi connectivity index (χ2n) is 5.13. The van der Waals surface area contributed by atoms with Gasteiger partial charge in [0.25, 0.3) is 0 Å². The smallest absolute Gasteiger partial charge is 0.191 e. The summed E-state index contributed by atoms with van der Waals surface area (Å²) < 4.78 is 0. The molecule has 2 atom stereocenters. The Kier molecular flexibility index (Phi) is 12.3. The second kappa shape index (κ2) is 12.1. The molecule has 1 aliphatic rings. The van der Waals surface area contributed by atoms with Gasteiger partial charge >= 0.3 is 0 Å². The van der Waals surface area contributed by atoms with Crippen LogP contribution in [-0.4, -0.2) is 37.6 Å². The highest BCUT2D eigenvalue weighted by Gasteiger charge is 2.21. The van der Waals surface area contributed by atoms with E-state index in [0.29, 0.717) is 6.04 Å². The highest BCUT2D eigenvalue weighted by atomic mass is 127. The van der Waals surface area contributed by atoms with Crippen LogP contribution in [0.3, 0.4) is 0 Å². The Bertz CT molecular complexity index is 249. The molecule has 0 saturated heterocycles. The Morgan fingerprint density at radius 1 is 1.37 bits per heavy atom. The van der Waals surface area contributed by atoms with Crippen LogP contribution in [0, 0.1) is 5.92 Å². The Balaban J connectivity index is 0.00000324. The Hall–Kier alpha value is 0.350. The lowest BCUT2D eigenvalue weighted by Crippen LogP contribution is -2.45. The zero-order chi connectivity index (χ0) is 13.2. The molecule has 0 heterocycles. The van der Waals surface area contributed by atoms with E-state index in [4.69, 9.17) is 0 Å². The Morgan fingerprint density at radius 2 is 2.16 bits per heavy atom. The van der Waals surface area contributed by atoms with Crippen LogP contribution in [0.15, 0.2) is 4.99 Å². The van der Waals surface area contributed by atoms with E-state index >= 15 is 0 Å². The first-order valence-electron chi connectivity index (χ1n) is 7.26. The molecule has 0 aliphatic heterocycles. The van der Waals surface area contributed by atoms with Crippen molar-refractivity contribution in [1.29, 1.82) is 0 Å². The Morgan fingerprint density at radius 3 is 2.79 bits per heavy atom. The van der Waals surface area contributed by atoms with E-state index in [0.717, 1.165) is 18.4 Å². The number of halogens is 1. The van der Waals surface area contributed by atoms with E-state index in [1.165, 1.54) is 44.3 Å². The van der Waals surface area contributed by atoms with E-state index in [-0.39, 0.29) is 24.0 Å². The minimum atomic E-state index is 0. The van der Waals surface area contributed by atoms with Crippen LogP contribution < -0.4 is 10.6 Å². The normalized spacial score (nSPS) is 23.6. The van der Waals surface area contributed by atoms with Gasteiger partial charge in [-0.2, -0.15) is 11.8 Å². The van der Waals surface area contributed by atoms with Crippen molar-refractivity contribution in [2.24, 2.45) is 10.9 Å². The first-order chi connectivity index (χ1) is 8.80. The van der Waals surface area contributed by atoms with Gasteiger partial charge < -0.3 is 10.6 Å². The summed E-state index contributed by atoms with van der Waals surface area (Å²) in [6, 6.07) is 0.621. The van der Waals surface area contributed by atoms with E-state index in [9.17, 15) is 0 Å². The molecular weight excluding hydrogens is 369 g/mol. The molecule has 0 aromatic heterocycles. The fourth-order valence-electron chi connectivity index (χ4n) is 2.60. The van der Waals surface area contributed by atoms with Gasteiger partial charge in [0, 0.05) is 19.6 Å². The maximum atomic E-state index is 4.32. The summed E-state index contributed by atoms with van der Waals surface area (Å²) in [6.07, 6.45) is 10.0. The lowest BCUT2D eigenvalue weighted by molar-refractivity contribution is 0.298. The fourth-order valence-corrected chi connectivity index (χ4v) is 3.04. The van der Waals surface area contributed by atoms with E-state index in [1.54, 1.807) is 0 Å². The number of nitrogens with one attached hydrogen (secondary N) is 2. The average Bonchev–Trinajstić information content (AvgIpc) is 2.42. The molecule has 1 fully saturated rings. The largest absolute Gasteiger partial charge is 0.356 e. The molecule has 2 unspecified atom stereocenters. The minimum absolute atomic E-state index is 0. The minimum Gasteiger partial charge on any atom is -0.356 e. The molecule has 1 aliphatic carbocycles. The van der Waals surface area contributed by atoms with Crippen molar-refractivity contribution in [1.82, 2.24) is 10.6 Å². The van der Waals surface area contributed by atoms with Crippen LogP contribution in [0.5, 0.6) is 0 Å². The van der Waals surface area contributed by atoms with Gasteiger partial charge in [-0.1, -0.05) is 26.2 Å². The number of thioether (sulfide) groups is 1. The number of guanidine groups is 1. The molecule has 3 nitrogen and oxygen atoms in total. The van der Waals surface area contributed by atoms with E-state index in [1.807, 2.05) is 18.8 Å². The molecule has 114 valence electrons. The Labute approximate surface area is 140 Å². The molecule has 19 heavy (non-hydrogen) atoms. The number of aliphatic imine (C=N–C) groups is 1. The summed E-state index contributed by atoms with van der Waals surface area (Å²) in [5.41, 5.74) is 0. The van der Waals surface area contributed by atoms with Gasteiger partial charge in [0.1, 0.15) is 0 Å². The van der Waals surface area contributed by atoms with Crippen molar-refractivity contribution >= 4 is 41.7 Å². The van der Waals surface area contributed by atoms with Gasteiger partial charge in [-0.05, 0) is 37.2 Å². The quantitative estimate of drug-likeness (QED) is 0.311. The van der Waals surface area contributed by atoms with Crippen LogP contribution in [0.2, 0.25) is 0 Å². The molecule has 0 bridgehead atoms. The van der Waals surface area contributed by atoms with Gasteiger partial charge in [0.05, 0.1) is 0 Å². The van der Waals surface area contributed by atoms with Crippen molar-refractivity contribution in [3.05, 3.63) is 0 Å². The number of hydrogen-bond donors (Lipinski definition) is 2. The molecule has 0 aromatic carbocycles. The third-order valence-corrected chi connectivity index (χ3v) is 4.44. The monoisotopic (exact) mass is 399 g/mol. The molecule has 1 saturated carbocycles. The van der Waals surface area contributed by atoms with Crippen LogP contribution in [0.4, 0.5) is 0 Å². The van der Waals surface area contributed by atoms with E-state index in [2.05, 4.69) is 28.8 Å². The van der Waals surface area contributed by atoms with Crippen molar-refractivity contribution < 1.29 is 0 Å². The number of hydrogen-bond acceptors (Lipinski definition) is 2. The number of nitrogens with zero attached hydrogens (tertiary/aromatic N) is 1. The van der Waals surface area contributed by atoms with Gasteiger partial charge in [-0.25, -0.2) is 0 Å². The van der Waals surface area contributed by atoms with Crippen molar-refractivity contribution in [3.63, 3.8) is 0 Å². The highest BCUT2D eigenvalue weighted by molar-refractivity contribution is 14.0. The molecular formula is C14H30IN3S. The molecule has 0 aromatic rings. The zero-order valence-electron chi connectivity index (χ0n) is 12.6. The highest BCUT2D eigenvalue weighted by Crippen LogP contribution is 2.26. The van der Waals surface area contributed by atoms with E-state index < -0.39 is 0 Å². The van der Waals surface area contributed by atoms with Crippen LogP contribution in [0.25, 0.3) is 0 Å².